The monoisotopic (exact) mass is 235 g/mol. The highest BCUT2D eigenvalue weighted by Gasteiger charge is 2.12. The van der Waals surface area contributed by atoms with Crippen molar-refractivity contribution in [1.82, 2.24) is 4.90 Å². The zero-order valence-electron chi connectivity index (χ0n) is 11.7. The van der Waals surface area contributed by atoms with Crippen molar-refractivity contribution in [2.75, 3.05) is 14.1 Å². The lowest BCUT2D eigenvalue weighted by Gasteiger charge is -2.24. The van der Waals surface area contributed by atoms with Crippen LogP contribution in [0.15, 0.2) is 24.3 Å². The van der Waals surface area contributed by atoms with Crippen molar-refractivity contribution in [2.45, 2.75) is 45.8 Å². The van der Waals surface area contributed by atoms with Gasteiger partial charge < -0.3 is 9.64 Å². The summed E-state index contributed by atoms with van der Waals surface area (Å²) in [5, 5.41) is 0. The maximum atomic E-state index is 5.66. The molecule has 0 fully saturated rings. The number of benzene rings is 1. The first-order valence-electron chi connectivity index (χ1n) is 6.47. The van der Waals surface area contributed by atoms with Crippen LogP contribution >= 0.6 is 0 Å². The Hall–Kier alpha value is -1.02. The molecule has 0 bridgehead atoms. The van der Waals surface area contributed by atoms with Gasteiger partial charge in [0, 0.05) is 6.04 Å². The van der Waals surface area contributed by atoms with Crippen LogP contribution in [0.4, 0.5) is 0 Å². The van der Waals surface area contributed by atoms with Crippen molar-refractivity contribution in [3.8, 4) is 5.75 Å². The zero-order chi connectivity index (χ0) is 12.8. The van der Waals surface area contributed by atoms with Crippen molar-refractivity contribution in [3.63, 3.8) is 0 Å². The highest BCUT2D eigenvalue weighted by molar-refractivity contribution is 5.29. The number of hydrogen-bond donors (Lipinski definition) is 0. The van der Waals surface area contributed by atoms with Gasteiger partial charge in [0.1, 0.15) is 5.75 Å². The quantitative estimate of drug-likeness (QED) is 0.742. The van der Waals surface area contributed by atoms with Gasteiger partial charge >= 0.3 is 0 Å². The van der Waals surface area contributed by atoms with E-state index in [1.165, 1.54) is 18.4 Å². The molecule has 96 valence electrons. The van der Waals surface area contributed by atoms with Gasteiger partial charge in [-0.1, -0.05) is 25.5 Å². The van der Waals surface area contributed by atoms with Crippen LogP contribution in [-0.4, -0.2) is 25.1 Å². The molecule has 0 saturated heterocycles. The highest BCUT2D eigenvalue weighted by atomic mass is 16.5. The summed E-state index contributed by atoms with van der Waals surface area (Å²) < 4.78 is 5.66. The van der Waals surface area contributed by atoms with E-state index < -0.39 is 0 Å². The van der Waals surface area contributed by atoms with Gasteiger partial charge in [0.05, 0.1) is 6.10 Å². The van der Waals surface area contributed by atoms with Crippen LogP contribution < -0.4 is 4.74 Å². The Labute approximate surface area is 106 Å². The van der Waals surface area contributed by atoms with Gasteiger partial charge in [0.25, 0.3) is 0 Å². The second kappa shape index (κ2) is 6.65. The Kier molecular flexibility index (Phi) is 5.49. The van der Waals surface area contributed by atoms with E-state index in [2.05, 4.69) is 50.2 Å². The average molecular weight is 235 g/mol. The molecular weight excluding hydrogens is 210 g/mol. The molecule has 1 unspecified atom stereocenters. The molecule has 2 heteroatoms. The van der Waals surface area contributed by atoms with Crippen LogP contribution in [0.25, 0.3) is 0 Å². The summed E-state index contributed by atoms with van der Waals surface area (Å²) in [6.45, 7) is 6.33. The van der Waals surface area contributed by atoms with E-state index in [9.17, 15) is 0 Å². The summed E-state index contributed by atoms with van der Waals surface area (Å²) in [7, 11) is 4.28. The van der Waals surface area contributed by atoms with E-state index in [1.807, 2.05) is 13.8 Å². The third-order valence-electron chi connectivity index (χ3n) is 2.82. The number of nitrogens with zero attached hydrogens (tertiary/aromatic N) is 1. The summed E-state index contributed by atoms with van der Waals surface area (Å²) in [5.41, 5.74) is 1.37. The Balaban J connectivity index is 2.77. The Morgan fingerprint density at radius 3 is 2.12 bits per heavy atom. The molecule has 0 heterocycles. The number of hydrogen-bond acceptors (Lipinski definition) is 2. The Morgan fingerprint density at radius 2 is 1.71 bits per heavy atom. The Morgan fingerprint density at radius 1 is 1.12 bits per heavy atom. The minimum atomic E-state index is 0.237. The molecule has 1 atom stereocenters. The van der Waals surface area contributed by atoms with Crippen molar-refractivity contribution >= 4 is 0 Å². The van der Waals surface area contributed by atoms with Gasteiger partial charge in [-0.3, -0.25) is 0 Å². The van der Waals surface area contributed by atoms with Crippen LogP contribution in [-0.2, 0) is 0 Å². The molecule has 0 aliphatic rings. The number of rotatable bonds is 6. The van der Waals surface area contributed by atoms with Crippen LogP contribution in [0, 0.1) is 0 Å². The van der Waals surface area contributed by atoms with E-state index in [4.69, 9.17) is 4.74 Å². The first kappa shape index (κ1) is 14.0. The van der Waals surface area contributed by atoms with E-state index >= 15 is 0 Å². The van der Waals surface area contributed by atoms with E-state index in [0.29, 0.717) is 6.04 Å². The Bertz CT molecular complexity index is 316. The van der Waals surface area contributed by atoms with Crippen LogP contribution in [0.3, 0.4) is 0 Å². The van der Waals surface area contributed by atoms with Gasteiger partial charge in [0.15, 0.2) is 0 Å². The minimum absolute atomic E-state index is 0.237. The third kappa shape index (κ3) is 4.39. The second-order valence-electron chi connectivity index (χ2n) is 5.00. The van der Waals surface area contributed by atoms with Gasteiger partial charge in [-0.15, -0.1) is 0 Å². The molecule has 0 aromatic heterocycles. The van der Waals surface area contributed by atoms with Crippen molar-refractivity contribution in [2.24, 2.45) is 0 Å². The minimum Gasteiger partial charge on any atom is -0.491 e. The second-order valence-corrected chi connectivity index (χ2v) is 5.00. The summed E-state index contributed by atoms with van der Waals surface area (Å²) in [6, 6.07) is 9.01. The molecule has 0 N–H and O–H groups in total. The molecule has 0 aliphatic carbocycles. The fourth-order valence-electron chi connectivity index (χ4n) is 2.04. The molecular formula is C15H25NO. The molecule has 0 amide bonds. The predicted molar refractivity (Wildman–Crippen MR) is 73.5 cm³/mol. The lowest BCUT2D eigenvalue weighted by Crippen LogP contribution is -2.19. The van der Waals surface area contributed by atoms with E-state index in [1.54, 1.807) is 0 Å². The largest absolute Gasteiger partial charge is 0.491 e. The molecule has 0 radical (unpaired) electrons. The molecule has 0 saturated carbocycles. The van der Waals surface area contributed by atoms with Crippen LogP contribution in [0.2, 0.25) is 0 Å². The molecule has 2 nitrogen and oxygen atoms in total. The fraction of sp³-hybridized carbons (Fsp3) is 0.600. The fourth-order valence-corrected chi connectivity index (χ4v) is 2.04. The maximum absolute atomic E-state index is 5.66. The van der Waals surface area contributed by atoms with E-state index in [0.717, 1.165) is 5.75 Å². The molecule has 0 spiro atoms. The first-order valence-corrected chi connectivity index (χ1v) is 6.47. The smallest absolute Gasteiger partial charge is 0.119 e. The van der Waals surface area contributed by atoms with Crippen LogP contribution in [0.1, 0.15) is 45.2 Å². The van der Waals surface area contributed by atoms with Crippen LogP contribution in [0.5, 0.6) is 5.75 Å². The topological polar surface area (TPSA) is 12.5 Å². The maximum Gasteiger partial charge on any atom is 0.119 e. The average Bonchev–Trinajstić information content (AvgIpc) is 2.26. The SMILES string of the molecule is CCCC(c1ccc(OC(C)C)cc1)N(C)C. The van der Waals surface area contributed by atoms with Gasteiger partial charge in [-0.2, -0.15) is 0 Å². The van der Waals surface area contributed by atoms with Gasteiger partial charge in [0.2, 0.25) is 0 Å². The van der Waals surface area contributed by atoms with E-state index in [-0.39, 0.29) is 6.10 Å². The summed E-state index contributed by atoms with van der Waals surface area (Å²) in [6.07, 6.45) is 2.63. The van der Waals surface area contributed by atoms with Crippen molar-refractivity contribution in [1.29, 1.82) is 0 Å². The van der Waals surface area contributed by atoms with Gasteiger partial charge in [-0.05, 0) is 52.1 Å². The van der Waals surface area contributed by atoms with Crippen molar-refractivity contribution < 1.29 is 4.74 Å². The molecule has 1 aromatic carbocycles. The summed E-state index contributed by atoms with van der Waals surface area (Å²) >= 11 is 0. The molecule has 1 aromatic rings. The number of ether oxygens (including phenoxy) is 1. The van der Waals surface area contributed by atoms with Crippen molar-refractivity contribution in [3.05, 3.63) is 29.8 Å². The first-order chi connectivity index (χ1) is 8.04. The molecule has 17 heavy (non-hydrogen) atoms. The van der Waals surface area contributed by atoms with Gasteiger partial charge in [-0.25, -0.2) is 0 Å². The standard InChI is InChI=1S/C15H25NO/c1-6-7-15(16(4)5)13-8-10-14(11-9-13)17-12(2)3/h8-12,15H,6-7H2,1-5H3. The third-order valence-corrected chi connectivity index (χ3v) is 2.82. The predicted octanol–water partition coefficient (Wildman–Crippen LogP) is 3.88. The highest BCUT2D eigenvalue weighted by Crippen LogP contribution is 2.25. The molecule has 1 rings (SSSR count). The molecule has 0 aliphatic heterocycles. The summed E-state index contributed by atoms with van der Waals surface area (Å²) in [5.74, 6) is 0.956. The lowest BCUT2D eigenvalue weighted by atomic mass is 10.0. The zero-order valence-corrected chi connectivity index (χ0v) is 11.7. The lowest BCUT2D eigenvalue weighted by molar-refractivity contribution is 0.241. The summed E-state index contributed by atoms with van der Waals surface area (Å²) in [4.78, 5) is 2.28. The normalized spacial score (nSPS) is 13.1.